The van der Waals surface area contributed by atoms with Gasteiger partial charge in [-0.3, -0.25) is 0 Å². The first-order valence-electron chi connectivity index (χ1n) is 5.84. The molecule has 1 N–H and O–H groups in total. The smallest absolute Gasteiger partial charge is 0.0919 e. The lowest BCUT2D eigenvalue weighted by molar-refractivity contribution is -0.00172. The monoisotopic (exact) mass is 195 g/mol. The van der Waals surface area contributed by atoms with Crippen molar-refractivity contribution in [3.05, 3.63) is 11.6 Å². The van der Waals surface area contributed by atoms with Crippen molar-refractivity contribution in [1.29, 1.82) is 0 Å². The summed E-state index contributed by atoms with van der Waals surface area (Å²) in [6.07, 6.45) is 5.83. The summed E-state index contributed by atoms with van der Waals surface area (Å²) in [5, 5.41) is 3.41. The van der Waals surface area contributed by atoms with Crippen LogP contribution in [0.3, 0.4) is 0 Å². The van der Waals surface area contributed by atoms with Gasteiger partial charge in [0.25, 0.3) is 0 Å². The fourth-order valence-electron chi connectivity index (χ4n) is 2.91. The Labute approximate surface area is 86.7 Å². The highest BCUT2D eigenvalue weighted by molar-refractivity contribution is 5.25. The Morgan fingerprint density at radius 3 is 2.79 bits per heavy atom. The summed E-state index contributed by atoms with van der Waals surface area (Å²) >= 11 is 0. The number of hydrogen-bond acceptors (Lipinski definition) is 2. The molecule has 0 aliphatic carbocycles. The Hall–Kier alpha value is -0.340. The molecule has 0 amide bonds. The second-order valence-corrected chi connectivity index (χ2v) is 4.40. The molecule has 0 saturated carbocycles. The summed E-state index contributed by atoms with van der Waals surface area (Å²) in [6, 6.07) is 0. The maximum Gasteiger partial charge on any atom is 0.0919 e. The molecule has 2 heteroatoms. The molecule has 2 aliphatic heterocycles. The molecule has 2 fully saturated rings. The van der Waals surface area contributed by atoms with Gasteiger partial charge in [0.2, 0.25) is 0 Å². The zero-order chi connectivity index (χ0) is 10.0. The molecule has 2 rings (SSSR count). The molecule has 0 aromatic carbocycles. The minimum absolute atomic E-state index is 0.112. The highest BCUT2D eigenvalue weighted by Gasteiger charge is 2.44. The molecule has 2 aliphatic rings. The first-order chi connectivity index (χ1) is 6.82. The molecule has 80 valence electrons. The largest absolute Gasteiger partial charge is 0.370 e. The third kappa shape index (κ3) is 1.51. The predicted octanol–water partition coefficient (Wildman–Crippen LogP) is 2.11. The lowest BCUT2D eigenvalue weighted by atomic mass is 9.80. The van der Waals surface area contributed by atoms with Crippen LogP contribution in [0.2, 0.25) is 0 Å². The molecule has 1 atom stereocenters. The van der Waals surface area contributed by atoms with Crippen LogP contribution in [0.1, 0.15) is 33.1 Å². The fourth-order valence-corrected chi connectivity index (χ4v) is 2.91. The molecule has 2 heterocycles. The SMILES string of the molecule is C/C=C1\C(CC)COC12CCNCC2. The van der Waals surface area contributed by atoms with Gasteiger partial charge in [0.05, 0.1) is 12.2 Å². The van der Waals surface area contributed by atoms with Crippen LogP contribution in [0.4, 0.5) is 0 Å². The van der Waals surface area contributed by atoms with Gasteiger partial charge in [-0.05, 0) is 44.8 Å². The van der Waals surface area contributed by atoms with Crippen molar-refractivity contribution in [2.75, 3.05) is 19.7 Å². The van der Waals surface area contributed by atoms with Gasteiger partial charge in [0, 0.05) is 5.92 Å². The normalized spacial score (nSPS) is 34.1. The number of ether oxygens (including phenoxy) is 1. The minimum Gasteiger partial charge on any atom is -0.370 e. The Morgan fingerprint density at radius 1 is 1.50 bits per heavy atom. The number of allylic oxidation sites excluding steroid dienone is 1. The molecule has 0 bridgehead atoms. The summed E-state index contributed by atoms with van der Waals surface area (Å²) in [4.78, 5) is 0. The van der Waals surface area contributed by atoms with Gasteiger partial charge in [0.1, 0.15) is 0 Å². The van der Waals surface area contributed by atoms with Gasteiger partial charge < -0.3 is 10.1 Å². The zero-order valence-corrected chi connectivity index (χ0v) is 9.31. The Bertz CT molecular complexity index is 228. The van der Waals surface area contributed by atoms with Crippen LogP contribution in [0.25, 0.3) is 0 Å². The number of rotatable bonds is 1. The van der Waals surface area contributed by atoms with E-state index in [1.165, 1.54) is 6.42 Å². The first kappa shape index (κ1) is 10.2. The van der Waals surface area contributed by atoms with Crippen molar-refractivity contribution in [2.24, 2.45) is 5.92 Å². The average molecular weight is 195 g/mol. The molecular formula is C12H21NO. The van der Waals surface area contributed by atoms with E-state index in [0.717, 1.165) is 32.5 Å². The lowest BCUT2D eigenvalue weighted by Gasteiger charge is -2.35. The van der Waals surface area contributed by atoms with E-state index in [1.807, 2.05) is 0 Å². The Kier molecular flexibility index (Phi) is 2.93. The lowest BCUT2D eigenvalue weighted by Crippen LogP contribution is -2.42. The first-order valence-corrected chi connectivity index (χ1v) is 5.84. The van der Waals surface area contributed by atoms with E-state index < -0.39 is 0 Å². The third-order valence-electron chi connectivity index (χ3n) is 3.74. The fraction of sp³-hybridized carbons (Fsp3) is 0.833. The highest BCUT2D eigenvalue weighted by atomic mass is 16.5. The molecule has 1 spiro atoms. The van der Waals surface area contributed by atoms with Crippen LogP contribution in [-0.2, 0) is 4.74 Å². The summed E-state index contributed by atoms with van der Waals surface area (Å²) in [6.45, 7) is 7.58. The van der Waals surface area contributed by atoms with E-state index in [0.29, 0.717) is 5.92 Å². The van der Waals surface area contributed by atoms with Crippen LogP contribution < -0.4 is 5.32 Å². The number of nitrogens with one attached hydrogen (secondary N) is 1. The van der Waals surface area contributed by atoms with Crippen LogP contribution in [-0.4, -0.2) is 25.3 Å². The summed E-state index contributed by atoms with van der Waals surface area (Å²) < 4.78 is 6.08. The van der Waals surface area contributed by atoms with Gasteiger partial charge in [-0.15, -0.1) is 0 Å². The van der Waals surface area contributed by atoms with Crippen molar-refractivity contribution < 1.29 is 4.74 Å². The van der Waals surface area contributed by atoms with Gasteiger partial charge in [0.15, 0.2) is 0 Å². The van der Waals surface area contributed by atoms with Crippen molar-refractivity contribution in [2.45, 2.75) is 38.7 Å². The number of hydrogen-bond donors (Lipinski definition) is 1. The maximum atomic E-state index is 6.08. The van der Waals surface area contributed by atoms with Crippen molar-refractivity contribution >= 4 is 0 Å². The molecule has 0 radical (unpaired) electrons. The summed E-state index contributed by atoms with van der Waals surface area (Å²) in [5.74, 6) is 0.679. The van der Waals surface area contributed by atoms with Gasteiger partial charge in [-0.1, -0.05) is 13.0 Å². The third-order valence-corrected chi connectivity index (χ3v) is 3.74. The summed E-state index contributed by atoms with van der Waals surface area (Å²) in [7, 11) is 0. The Morgan fingerprint density at radius 2 is 2.21 bits per heavy atom. The molecule has 14 heavy (non-hydrogen) atoms. The predicted molar refractivity (Wildman–Crippen MR) is 58.3 cm³/mol. The van der Waals surface area contributed by atoms with E-state index in [1.54, 1.807) is 5.57 Å². The molecule has 2 nitrogen and oxygen atoms in total. The van der Waals surface area contributed by atoms with Crippen LogP contribution >= 0.6 is 0 Å². The minimum atomic E-state index is 0.112. The van der Waals surface area contributed by atoms with E-state index in [-0.39, 0.29) is 5.60 Å². The number of piperidine rings is 1. The Balaban J connectivity index is 2.19. The standard InChI is InChI=1S/C12H21NO/c1-3-10-9-14-12(11(10)4-2)5-7-13-8-6-12/h4,10,13H,3,5-9H2,1-2H3/b11-4+. The molecule has 1 unspecified atom stereocenters. The van der Waals surface area contributed by atoms with Gasteiger partial charge in [-0.25, -0.2) is 0 Å². The van der Waals surface area contributed by atoms with E-state index in [4.69, 9.17) is 4.74 Å². The molecule has 0 aromatic heterocycles. The second-order valence-electron chi connectivity index (χ2n) is 4.40. The molecular weight excluding hydrogens is 174 g/mol. The second kappa shape index (κ2) is 4.03. The van der Waals surface area contributed by atoms with E-state index in [9.17, 15) is 0 Å². The van der Waals surface area contributed by atoms with Gasteiger partial charge >= 0.3 is 0 Å². The molecule has 0 aromatic rings. The molecule has 2 saturated heterocycles. The van der Waals surface area contributed by atoms with Crippen molar-refractivity contribution in [3.63, 3.8) is 0 Å². The van der Waals surface area contributed by atoms with Crippen LogP contribution in [0.5, 0.6) is 0 Å². The highest BCUT2D eigenvalue weighted by Crippen LogP contribution is 2.42. The quantitative estimate of drug-likeness (QED) is 0.647. The topological polar surface area (TPSA) is 21.3 Å². The van der Waals surface area contributed by atoms with E-state index in [2.05, 4.69) is 25.2 Å². The van der Waals surface area contributed by atoms with E-state index >= 15 is 0 Å². The maximum absolute atomic E-state index is 6.08. The van der Waals surface area contributed by atoms with Crippen LogP contribution in [0.15, 0.2) is 11.6 Å². The van der Waals surface area contributed by atoms with Gasteiger partial charge in [-0.2, -0.15) is 0 Å². The van der Waals surface area contributed by atoms with Crippen molar-refractivity contribution in [3.8, 4) is 0 Å². The average Bonchev–Trinajstić information content (AvgIpc) is 2.57. The van der Waals surface area contributed by atoms with Crippen LogP contribution in [0, 0.1) is 5.92 Å². The zero-order valence-electron chi connectivity index (χ0n) is 9.31. The van der Waals surface area contributed by atoms with Crippen molar-refractivity contribution in [1.82, 2.24) is 5.32 Å². The summed E-state index contributed by atoms with van der Waals surface area (Å²) in [5.41, 5.74) is 1.68.